The van der Waals surface area contributed by atoms with Crippen molar-refractivity contribution in [3.8, 4) is 0 Å². The van der Waals surface area contributed by atoms with Gasteiger partial charge in [-0.05, 0) is 19.9 Å². The summed E-state index contributed by atoms with van der Waals surface area (Å²) in [5.41, 5.74) is 7.01. The molecule has 0 aliphatic heterocycles. The van der Waals surface area contributed by atoms with Crippen molar-refractivity contribution in [1.82, 2.24) is 4.98 Å². The predicted octanol–water partition coefficient (Wildman–Crippen LogP) is 3.49. The van der Waals surface area contributed by atoms with Crippen LogP contribution in [0.3, 0.4) is 0 Å². The van der Waals surface area contributed by atoms with Crippen LogP contribution in [-0.2, 0) is 0 Å². The van der Waals surface area contributed by atoms with Crippen molar-refractivity contribution in [3.63, 3.8) is 0 Å². The van der Waals surface area contributed by atoms with E-state index in [1.807, 2.05) is 0 Å². The first kappa shape index (κ1) is 15.2. The molecule has 0 fully saturated rings. The van der Waals surface area contributed by atoms with Crippen molar-refractivity contribution in [1.29, 1.82) is 0 Å². The summed E-state index contributed by atoms with van der Waals surface area (Å²) >= 11 is 4.93. The van der Waals surface area contributed by atoms with Crippen LogP contribution in [-0.4, -0.2) is 9.97 Å². The molecule has 3 nitrogen and oxygen atoms in total. The molecule has 0 radical (unpaired) electrons. The summed E-state index contributed by atoms with van der Waals surface area (Å²) in [6.45, 7) is 3.41. The lowest BCUT2D eigenvalue weighted by Crippen LogP contribution is -2.16. The Bertz CT molecular complexity index is 709. The van der Waals surface area contributed by atoms with E-state index in [4.69, 9.17) is 18.0 Å². The van der Waals surface area contributed by atoms with Gasteiger partial charge in [0.25, 0.3) is 0 Å². The summed E-state index contributed by atoms with van der Waals surface area (Å²) in [6.07, 6.45) is 0. The minimum atomic E-state index is -1.05. The van der Waals surface area contributed by atoms with Crippen molar-refractivity contribution >= 4 is 28.6 Å². The van der Waals surface area contributed by atoms with Crippen LogP contribution < -0.4 is 11.1 Å². The van der Waals surface area contributed by atoms with Gasteiger partial charge in [-0.3, -0.25) is 4.98 Å². The molecule has 0 saturated carbocycles. The Balaban J connectivity index is 2.57. The fourth-order valence-corrected chi connectivity index (χ4v) is 2.29. The molecular weight excluding hydrogens is 299 g/mol. The Morgan fingerprint density at radius 2 is 1.71 bits per heavy atom. The smallest absolute Gasteiger partial charge is 0.152 e. The number of rotatable bonds is 3. The quantitative estimate of drug-likeness (QED) is 0.852. The normalized spacial score (nSPS) is 10.5. The van der Waals surface area contributed by atoms with Crippen molar-refractivity contribution in [2.45, 2.75) is 13.8 Å². The van der Waals surface area contributed by atoms with Gasteiger partial charge in [0.2, 0.25) is 0 Å². The minimum absolute atomic E-state index is 0.0467. The second-order valence-electron chi connectivity index (χ2n) is 4.51. The Morgan fingerprint density at radius 3 is 2.24 bits per heavy atom. The molecular formula is C14H12F3N3S. The maximum Gasteiger partial charge on any atom is 0.152 e. The van der Waals surface area contributed by atoms with Gasteiger partial charge in [-0.2, -0.15) is 0 Å². The summed E-state index contributed by atoms with van der Waals surface area (Å²) in [4.78, 5) is 4.25. The van der Waals surface area contributed by atoms with Crippen molar-refractivity contribution in [2.24, 2.45) is 5.73 Å². The summed E-state index contributed by atoms with van der Waals surface area (Å²) in [7, 11) is 0. The Kier molecular flexibility index (Phi) is 4.13. The average Bonchev–Trinajstić information content (AvgIpc) is 2.32. The van der Waals surface area contributed by atoms with Crippen LogP contribution >= 0.6 is 12.2 Å². The molecule has 0 amide bonds. The Hall–Kier alpha value is -2.15. The molecule has 3 N–H and O–H groups in total. The van der Waals surface area contributed by atoms with E-state index < -0.39 is 23.1 Å². The lowest BCUT2D eigenvalue weighted by Gasteiger charge is -2.15. The van der Waals surface area contributed by atoms with E-state index in [-0.39, 0.29) is 4.99 Å². The number of thiocarbonyl (C=S) groups is 1. The lowest BCUT2D eigenvalue weighted by molar-refractivity contribution is 0.549. The number of aromatic nitrogens is 1. The average molecular weight is 311 g/mol. The molecule has 0 aliphatic carbocycles. The van der Waals surface area contributed by atoms with Crippen LogP contribution in [0.15, 0.2) is 18.2 Å². The zero-order valence-electron chi connectivity index (χ0n) is 11.3. The molecule has 2 aromatic rings. The van der Waals surface area contributed by atoms with Gasteiger partial charge in [-0.25, -0.2) is 13.2 Å². The molecule has 7 heteroatoms. The number of nitrogens with two attached hydrogens (primary N) is 1. The fraction of sp³-hybridized carbons (Fsp3) is 0.143. The van der Waals surface area contributed by atoms with E-state index in [1.54, 1.807) is 19.9 Å². The topological polar surface area (TPSA) is 50.9 Å². The van der Waals surface area contributed by atoms with Gasteiger partial charge >= 0.3 is 0 Å². The number of nitrogens with zero attached hydrogens (tertiary/aromatic N) is 1. The van der Waals surface area contributed by atoms with Gasteiger partial charge < -0.3 is 11.1 Å². The number of hydrogen-bond donors (Lipinski definition) is 2. The fourth-order valence-electron chi connectivity index (χ4n) is 2.03. The molecule has 110 valence electrons. The van der Waals surface area contributed by atoms with Crippen molar-refractivity contribution in [2.75, 3.05) is 5.32 Å². The first-order valence-electron chi connectivity index (χ1n) is 5.99. The summed E-state index contributed by atoms with van der Waals surface area (Å²) in [5.74, 6) is -3.09. The number of anilines is 2. The largest absolute Gasteiger partial charge is 0.389 e. The number of benzene rings is 1. The van der Waals surface area contributed by atoms with Gasteiger partial charge in [-0.15, -0.1) is 0 Å². The Labute approximate surface area is 125 Å². The van der Waals surface area contributed by atoms with Gasteiger partial charge in [0.1, 0.15) is 16.5 Å². The third-order valence-electron chi connectivity index (χ3n) is 2.84. The molecule has 2 rings (SSSR count). The van der Waals surface area contributed by atoms with Crippen LogP contribution in [0.4, 0.5) is 24.5 Å². The molecule has 0 aliphatic rings. The zero-order valence-corrected chi connectivity index (χ0v) is 12.1. The molecule has 1 aromatic carbocycles. The Morgan fingerprint density at radius 1 is 1.14 bits per heavy atom. The van der Waals surface area contributed by atoms with Gasteiger partial charge in [0.05, 0.1) is 11.3 Å². The molecule has 0 unspecified atom stereocenters. The van der Waals surface area contributed by atoms with Crippen LogP contribution in [0.1, 0.15) is 17.0 Å². The minimum Gasteiger partial charge on any atom is -0.389 e. The van der Waals surface area contributed by atoms with E-state index in [0.717, 1.165) is 0 Å². The summed E-state index contributed by atoms with van der Waals surface area (Å²) in [6, 6.07) is 2.74. The number of nitrogens with one attached hydrogen (secondary N) is 1. The first-order chi connectivity index (χ1) is 9.79. The third kappa shape index (κ3) is 3.13. The van der Waals surface area contributed by atoms with E-state index in [2.05, 4.69) is 10.3 Å². The molecule has 0 saturated heterocycles. The van der Waals surface area contributed by atoms with Crippen LogP contribution in [0.2, 0.25) is 0 Å². The highest BCUT2D eigenvalue weighted by atomic mass is 32.1. The maximum absolute atomic E-state index is 13.7. The maximum atomic E-state index is 13.7. The molecule has 21 heavy (non-hydrogen) atoms. The molecule has 0 bridgehead atoms. The number of pyridine rings is 1. The van der Waals surface area contributed by atoms with Crippen LogP contribution in [0.25, 0.3) is 0 Å². The van der Waals surface area contributed by atoms with Gasteiger partial charge in [0, 0.05) is 23.5 Å². The van der Waals surface area contributed by atoms with Crippen LogP contribution in [0, 0.1) is 31.3 Å². The summed E-state index contributed by atoms with van der Waals surface area (Å²) < 4.78 is 40.3. The molecule has 0 spiro atoms. The van der Waals surface area contributed by atoms with E-state index in [0.29, 0.717) is 34.8 Å². The second kappa shape index (κ2) is 5.69. The third-order valence-corrected chi connectivity index (χ3v) is 3.05. The molecule has 1 heterocycles. The van der Waals surface area contributed by atoms with Gasteiger partial charge in [-0.1, -0.05) is 12.2 Å². The lowest BCUT2D eigenvalue weighted by atomic mass is 10.1. The highest BCUT2D eigenvalue weighted by Gasteiger charge is 2.16. The second-order valence-corrected chi connectivity index (χ2v) is 4.95. The van der Waals surface area contributed by atoms with Gasteiger partial charge in [0.15, 0.2) is 11.6 Å². The molecule has 0 atom stereocenters. The summed E-state index contributed by atoms with van der Waals surface area (Å²) in [5, 5.41) is 2.58. The standard InChI is InChI=1S/C14H12F3N3S/c1-6-3-11(12(14(18)21)7(2)19-6)20-13-9(16)4-8(15)5-10(13)17/h3-5H,1-2H3,(H2,18,21)(H,19,20). The van der Waals surface area contributed by atoms with Crippen LogP contribution in [0.5, 0.6) is 0 Å². The number of aryl methyl sites for hydroxylation is 2. The monoisotopic (exact) mass is 311 g/mol. The van der Waals surface area contributed by atoms with E-state index in [1.165, 1.54) is 0 Å². The number of hydrogen-bond acceptors (Lipinski definition) is 3. The highest BCUT2D eigenvalue weighted by Crippen LogP contribution is 2.28. The predicted molar refractivity (Wildman–Crippen MR) is 79.2 cm³/mol. The number of halogens is 3. The van der Waals surface area contributed by atoms with Crippen molar-refractivity contribution < 1.29 is 13.2 Å². The first-order valence-corrected chi connectivity index (χ1v) is 6.40. The van der Waals surface area contributed by atoms with E-state index in [9.17, 15) is 13.2 Å². The SMILES string of the molecule is Cc1cc(Nc2c(F)cc(F)cc2F)c(C(N)=S)c(C)n1. The molecule has 1 aromatic heterocycles. The van der Waals surface area contributed by atoms with E-state index >= 15 is 0 Å². The highest BCUT2D eigenvalue weighted by molar-refractivity contribution is 7.80. The zero-order chi connectivity index (χ0) is 15.7. The van der Waals surface area contributed by atoms with Crippen molar-refractivity contribution in [3.05, 3.63) is 52.6 Å².